The summed E-state index contributed by atoms with van der Waals surface area (Å²) in [4.78, 5) is 45.2. The summed E-state index contributed by atoms with van der Waals surface area (Å²) in [5, 5.41) is 0. The van der Waals surface area contributed by atoms with Gasteiger partial charge in [-0.1, -0.05) is 104 Å². The topological polar surface area (TPSA) is 94.6 Å². The van der Waals surface area contributed by atoms with Gasteiger partial charge >= 0.3 is 11.9 Å². The minimum Gasteiger partial charge on any atom is -0.465 e. The molecule has 3 rings (SSSR count). The molecule has 1 aliphatic rings. The van der Waals surface area contributed by atoms with Crippen molar-refractivity contribution in [3.05, 3.63) is 70.5 Å². The Labute approximate surface area is 396 Å². The standard InChI is InChI=1S/C54H83FN2O7S/c1-7-11-13-16-20-35-61-41-46(42-62-36-21-17-14-12-8-2)64-53(59)31-30-52(58)57(34-23-32-56(9-3)10-4)33-19-15-18-22-37-63-54(60)40-50-43(5)49(48-29-26-45(55)39-51(48)50)38-44-24-27-47(65-6)28-25-44/h24-29,38-39,46H,7-23,30-37,40-42H2,1-6H3/b49-38-. The number of nitrogens with zero attached hydrogens (tertiary/aromatic N) is 2. The molecule has 0 unspecified atom stereocenters. The van der Waals surface area contributed by atoms with E-state index in [9.17, 15) is 18.8 Å². The number of hydrogen-bond donors (Lipinski definition) is 0. The molecule has 0 radical (unpaired) electrons. The van der Waals surface area contributed by atoms with Crippen molar-refractivity contribution < 1.29 is 37.7 Å². The number of amides is 1. The molecule has 0 spiro atoms. The summed E-state index contributed by atoms with van der Waals surface area (Å²) in [7, 11) is 0. The van der Waals surface area contributed by atoms with Crippen molar-refractivity contribution in [1.82, 2.24) is 9.80 Å². The number of ether oxygens (including phenoxy) is 4. The Bertz CT molecular complexity index is 1710. The van der Waals surface area contributed by atoms with E-state index in [0.29, 0.717) is 52.5 Å². The van der Waals surface area contributed by atoms with Gasteiger partial charge in [0.05, 0.1) is 32.7 Å². The summed E-state index contributed by atoms with van der Waals surface area (Å²) >= 11 is 1.69. The van der Waals surface area contributed by atoms with Gasteiger partial charge in [0.25, 0.3) is 0 Å². The molecule has 1 amide bonds. The Hall–Kier alpha value is -3.51. The predicted octanol–water partition coefficient (Wildman–Crippen LogP) is 12.6. The van der Waals surface area contributed by atoms with Crippen LogP contribution in [0.25, 0.3) is 17.2 Å². The van der Waals surface area contributed by atoms with Gasteiger partial charge in [0.2, 0.25) is 5.91 Å². The number of esters is 2. The molecule has 2 aromatic carbocycles. The summed E-state index contributed by atoms with van der Waals surface area (Å²) in [6.07, 6.45) is 19.4. The van der Waals surface area contributed by atoms with E-state index in [2.05, 4.69) is 62.9 Å². The number of carbonyl (C=O) groups is 3. The van der Waals surface area contributed by atoms with Crippen LogP contribution in [0.15, 0.2) is 52.9 Å². The quantitative estimate of drug-likeness (QED) is 0.0373. The minimum atomic E-state index is -0.498. The Balaban J connectivity index is 1.47. The number of unbranched alkanes of at least 4 members (excludes halogenated alkanes) is 11. The fraction of sp³-hybridized carbons (Fsp3) is 0.648. The first-order chi connectivity index (χ1) is 31.6. The highest BCUT2D eigenvalue weighted by Gasteiger charge is 2.26. The number of rotatable bonds is 37. The van der Waals surface area contributed by atoms with Gasteiger partial charge < -0.3 is 28.7 Å². The maximum atomic E-state index is 14.5. The molecule has 0 fully saturated rings. The van der Waals surface area contributed by atoms with Crippen molar-refractivity contribution in [3.63, 3.8) is 0 Å². The van der Waals surface area contributed by atoms with Gasteiger partial charge in [-0.3, -0.25) is 14.4 Å². The smallest absolute Gasteiger partial charge is 0.310 e. The van der Waals surface area contributed by atoms with Crippen LogP contribution in [-0.4, -0.2) is 106 Å². The zero-order valence-corrected chi connectivity index (χ0v) is 41.9. The Morgan fingerprint density at radius 2 is 1.28 bits per heavy atom. The van der Waals surface area contributed by atoms with E-state index in [1.165, 1.54) is 55.6 Å². The lowest BCUT2D eigenvalue weighted by Crippen LogP contribution is -2.36. The minimum absolute atomic E-state index is 0.0158. The number of carbonyl (C=O) groups excluding carboxylic acids is 3. The highest BCUT2D eigenvalue weighted by Crippen LogP contribution is 2.44. The van der Waals surface area contributed by atoms with Gasteiger partial charge in [-0.2, -0.15) is 0 Å². The van der Waals surface area contributed by atoms with Crippen LogP contribution in [0, 0.1) is 5.82 Å². The molecule has 9 nitrogen and oxygen atoms in total. The van der Waals surface area contributed by atoms with Crippen LogP contribution in [0.2, 0.25) is 0 Å². The third kappa shape index (κ3) is 22.2. The van der Waals surface area contributed by atoms with E-state index in [1.54, 1.807) is 17.8 Å². The second-order valence-electron chi connectivity index (χ2n) is 17.3. The highest BCUT2D eigenvalue weighted by molar-refractivity contribution is 7.98. The van der Waals surface area contributed by atoms with Gasteiger partial charge in [0.15, 0.2) is 0 Å². The van der Waals surface area contributed by atoms with Crippen molar-refractivity contribution in [1.29, 1.82) is 0 Å². The SMILES string of the molecule is CCCCCCCOCC(COCCCCCCC)OC(=O)CCC(=O)N(CCCCCCOC(=O)CC1=C(C)/C(=C/c2ccc(SC)cc2)c2ccc(F)cc21)CCCN(CC)CC. The lowest BCUT2D eigenvalue weighted by atomic mass is 10.0. The van der Waals surface area contributed by atoms with Crippen LogP contribution in [0.5, 0.6) is 0 Å². The van der Waals surface area contributed by atoms with E-state index < -0.39 is 12.1 Å². The first-order valence-electron chi connectivity index (χ1n) is 25.0. The van der Waals surface area contributed by atoms with Crippen LogP contribution in [0.3, 0.4) is 0 Å². The molecule has 0 aromatic heterocycles. The van der Waals surface area contributed by atoms with Gasteiger partial charge in [0.1, 0.15) is 11.9 Å². The molecule has 0 saturated heterocycles. The molecular weight excluding hydrogens is 840 g/mol. The summed E-state index contributed by atoms with van der Waals surface area (Å²) in [6, 6.07) is 13.1. The van der Waals surface area contributed by atoms with Gasteiger partial charge in [0, 0.05) is 37.6 Å². The molecule has 2 aromatic rings. The number of thioether (sulfide) groups is 1. The van der Waals surface area contributed by atoms with Crippen molar-refractivity contribution in [2.75, 3.05) is 72.0 Å². The summed E-state index contributed by atoms with van der Waals surface area (Å²) in [5.41, 5.74) is 5.44. The van der Waals surface area contributed by atoms with Gasteiger partial charge in [-0.05, 0) is 135 Å². The maximum absolute atomic E-state index is 14.5. The van der Waals surface area contributed by atoms with Gasteiger partial charge in [-0.25, -0.2) is 4.39 Å². The first-order valence-corrected chi connectivity index (χ1v) is 26.2. The molecule has 0 saturated carbocycles. The second-order valence-corrected chi connectivity index (χ2v) is 18.2. The Morgan fingerprint density at radius 3 is 1.89 bits per heavy atom. The summed E-state index contributed by atoms with van der Waals surface area (Å²) in [5.74, 6) is -1.10. The van der Waals surface area contributed by atoms with Gasteiger partial charge in [-0.15, -0.1) is 11.8 Å². The third-order valence-electron chi connectivity index (χ3n) is 12.2. The lowest BCUT2D eigenvalue weighted by Gasteiger charge is -2.25. The number of allylic oxidation sites excluding steroid dienone is 2. The average Bonchev–Trinajstić information content (AvgIpc) is 3.55. The zero-order valence-electron chi connectivity index (χ0n) is 41.0. The van der Waals surface area contributed by atoms with E-state index >= 15 is 0 Å². The third-order valence-corrected chi connectivity index (χ3v) is 12.9. The molecule has 0 bridgehead atoms. The molecule has 0 aliphatic heterocycles. The maximum Gasteiger partial charge on any atom is 0.310 e. The molecule has 0 atom stereocenters. The van der Waals surface area contributed by atoms with E-state index in [-0.39, 0.29) is 37.0 Å². The molecule has 364 valence electrons. The van der Waals surface area contributed by atoms with E-state index in [1.807, 2.05) is 18.1 Å². The van der Waals surface area contributed by atoms with Crippen molar-refractivity contribution in [2.24, 2.45) is 0 Å². The van der Waals surface area contributed by atoms with E-state index in [0.717, 1.165) is 104 Å². The number of hydrogen-bond acceptors (Lipinski definition) is 9. The fourth-order valence-corrected chi connectivity index (χ4v) is 8.56. The van der Waals surface area contributed by atoms with Crippen LogP contribution < -0.4 is 0 Å². The normalized spacial score (nSPS) is 13.0. The molecule has 0 N–H and O–H groups in total. The fourth-order valence-electron chi connectivity index (χ4n) is 8.15. The van der Waals surface area contributed by atoms with E-state index in [4.69, 9.17) is 18.9 Å². The molecule has 11 heteroatoms. The average molecular weight is 923 g/mol. The molecule has 0 heterocycles. The summed E-state index contributed by atoms with van der Waals surface area (Å²) in [6.45, 7) is 16.9. The number of halogens is 1. The monoisotopic (exact) mass is 923 g/mol. The van der Waals surface area contributed by atoms with Crippen molar-refractivity contribution in [3.8, 4) is 0 Å². The second kappa shape index (κ2) is 33.9. The lowest BCUT2D eigenvalue weighted by molar-refractivity contribution is -0.157. The van der Waals surface area contributed by atoms with Crippen LogP contribution in [0.1, 0.15) is 167 Å². The van der Waals surface area contributed by atoms with Crippen LogP contribution in [-0.2, 0) is 33.3 Å². The highest BCUT2D eigenvalue weighted by atomic mass is 32.2. The Morgan fingerprint density at radius 1 is 0.677 bits per heavy atom. The zero-order chi connectivity index (χ0) is 47.1. The number of benzene rings is 2. The first kappa shape index (κ1) is 55.8. The summed E-state index contributed by atoms with van der Waals surface area (Å²) < 4.78 is 37.8. The van der Waals surface area contributed by atoms with Crippen LogP contribution >= 0.6 is 11.8 Å². The number of fused-ring (bicyclic) bond motifs is 1. The molecular formula is C54H83FN2O7S. The largest absolute Gasteiger partial charge is 0.465 e. The molecule has 1 aliphatic carbocycles. The van der Waals surface area contributed by atoms with Crippen LogP contribution in [0.4, 0.5) is 4.39 Å². The van der Waals surface area contributed by atoms with Crippen molar-refractivity contribution >= 4 is 46.8 Å². The molecule has 65 heavy (non-hydrogen) atoms. The predicted molar refractivity (Wildman–Crippen MR) is 266 cm³/mol. The Kier molecular flexibility index (Phi) is 29.1. The van der Waals surface area contributed by atoms with Crippen molar-refractivity contribution in [2.45, 2.75) is 161 Å².